The van der Waals surface area contributed by atoms with Gasteiger partial charge in [0.25, 0.3) is 5.56 Å². The van der Waals surface area contributed by atoms with Crippen molar-refractivity contribution >= 4 is 15.9 Å². The third kappa shape index (κ3) is 1.88. The molecule has 1 N–H and O–H groups in total. The average molecular weight is 252 g/mol. The lowest BCUT2D eigenvalue weighted by Crippen LogP contribution is -2.04. The van der Waals surface area contributed by atoms with E-state index in [9.17, 15) is 4.79 Å². The van der Waals surface area contributed by atoms with E-state index in [0.29, 0.717) is 11.4 Å². The van der Waals surface area contributed by atoms with E-state index in [1.807, 2.05) is 6.07 Å². The molecule has 2 heterocycles. The summed E-state index contributed by atoms with van der Waals surface area (Å²) in [7, 11) is 0. The smallest absolute Gasteiger partial charge is 0.251 e. The normalized spacial score (nSPS) is 10.1. The van der Waals surface area contributed by atoms with Gasteiger partial charge in [-0.25, -0.2) is 4.98 Å². The van der Waals surface area contributed by atoms with E-state index in [1.165, 1.54) is 12.4 Å². The number of hydrogen-bond acceptors (Lipinski definition) is 3. The zero-order chi connectivity index (χ0) is 9.97. The molecule has 2 aromatic rings. The molecule has 0 fully saturated rings. The van der Waals surface area contributed by atoms with E-state index < -0.39 is 0 Å². The molecule has 0 aliphatic carbocycles. The second kappa shape index (κ2) is 3.71. The number of nitrogens with zero attached hydrogens (tertiary/aromatic N) is 2. The lowest BCUT2D eigenvalue weighted by atomic mass is 10.3. The number of hydrogen-bond donors (Lipinski definition) is 1. The van der Waals surface area contributed by atoms with Crippen LogP contribution in [0.1, 0.15) is 0 Å². The Balaban J connectivity index is 2.50. The highest BCUT2D eigenvalue weighted by Crippen LogP contribution is 2.14. The van der Waals surface area contributed by atoms with Crippen LogP contribution < -0.4 is 5.56 Å². The SMILES string of the molecule is O=c1cc(-c2ccc(Br)cn2)nc[nH]1. The van der Waals surface area contributed by atoms with Crippen molar-refractivity contribution < 1.29 is 0 Å². The molecule has 0 bridgehead atoms. The van der Waals surface area contributed by atoms with E-state index in [2.05, 4.69) is 30.9 Å². The quantitative estimate of drug-likeness (QED) is 0.838. The Bertz CT molecular complexity index is 492. The van der Waals surface area contributed by atoms with Gasteiger partial charge in [0, 0.05) is 16.7 Å². The van der Waals surface area contributed by atoms with Gasteiger partial charge < -0.3 is 4.98 Å². The highest BCUT2D eigenvalue weighted by atomic mass is 79.9. The Morgan fingerprint density at radius 3 is 2.71 bits per heavy atom. The summed E-state index contributed by atoms with van der Waals surface area (Å²) >= 11 is 3.28. The van der Waals surface area contributed by atoms with Crippen LogP contribution in [0, 0.1) is 0 Å². The second-order valence-corrected chi connectivity index (χ2v) is 3.57. The van der Waals surface area contributed by atoms with Crippen molar-refractivity contribution in [3.63, 3.8) is 0 Å². The summed E-state index contributed by atoms with van der Waals surface area (Å²) in [4.78, 5) is 21.6. The van der Waals surface area contributed by atoms with Crippen LogP contribution in [0.5, 0.6) is 0 Å². The number of halogens is 1. The van der Waals surface area contributed by atoms with Crippen LogP contribution in [0.3, 0.4) is 0 Å². The van der Waals surface area contributed by atoms with E-state index >= 15 is 0 Å². The Hall–Kier alpha value is -1.49. The lowest BCUT2D eigenvalue weighted by molar-refractivity contribution is 1.11. The number of aromatic amines is 1. The highest BCUT2D eigenvalue weighted by Gasteiger charge is 2.00. The molecule has 4 nitrogen and oxygen atoms in total. The van der Waals surface area contributed by atoms with Crippen LogP contribution in [0.25, 0.3) is 11.4 Å². The summed E-state index contributed by atoms with van der Waals surface area (Å²) in [6.07, 6.45) is 3.03. The van der Waals surface area contributed by atoms with Crippen LogP contribution in [0.15, 0.2) is 40.0 Å². The number of nitrogens with one attached hydrogen (secondary N) is 1. The maximum atomic E-state index is 11.0. The predicted molar refractivity (Wildman–Crippen MR) is 55.8 cm³/mol. The maximum Gasteiger partial charge on any atom is 0.251 e. The summed E-state index contributed by atoms with van der Waals surface area (Å²) in [5.74, 6) is 0. The van der Waals surface area contributed by atoms with Gasteiger partial charge in [-0.15, -0.1) is 0 Å². The molecule has 0 saturated carbocycles. The Kier molecular flexibility index (Phi) is 2.41. The second-order valence-electron chi connectivity index (χ2n) is 2.66. The standard InChI is InChI=1S/C9H6BrN3O/c10-6-1-2-7(11-4-6)8-3-9(14)13-5-12-8/h1-5H,(H,12,13,14). The molecule has 5 heteroatoms. The van der Waals surface area contributed by atoms with Crippen LogP contribution in [-0.2, 0) is 0 Å². The van der Waals surface area contributed by atoms with Crippen molar-refractivity contribution in [1.82, 2.24) is 15.0 Å². The number of rotatable bonds is 1. The van der Waals surface area contributed by atoms with E-state index in [4.69, 9.17) is 0 Å². The summed E-state index contributed by atoms with van der Waals surface area (Å²) in [5.41, 5.74) is 1.07. The van der Waals surface area contributed by atoms with Gasteiger partial charge in [0.2, 0.25) is 0 Å². The van der Waals surface area contributed by atoms with Gasteiger partial charge in [-0.3, -0.25) is 9.78 Å². The van der Waals surface area contributed by atoms with Crippen molar-refractivity contribution in [2.24, 2.45) is 0 Å². The maximum absolute atomic E-state index is 11.0. The number of aromatic nitrogens is 3. The average Bonchev–Trinajstić information content (AvgIpc) is 2.19. The van der Waals surface area contributed by atoms with Gasteiger partial charge in [-0.05, 0) is 28.1 Å². The topological polar surface area (TPSA) is 58.6 Å². The first-order valence-corrected chi connectivity index (χ1v) is 4.72. The molecular weight excluding hydrogens is 246 g/mol. The van der Waals surface area contributed by atoms with Crippen molar-refractivity contribution in [1.29, 1.82) is 0 Å². The van der Waals surface area contributed by atoms with Crippen molar-refractivity contribution in [3.8, 4) is 11.4 Å². The zero-order valence-corrected chi connectivity index (χ0v) is 8.65. The van der Waals surface area contributed by atoms with Gasteiger partial charge in [0.15, 0.2) is 0 Å². The highest BCUT2D eigenvalue weighted by molar-refractivity contribution is 9.10. The Morgan fingerprint density at radius 1 is 1.21 bits per heavy atom. The molecule has 0 aliphatic rings. The molecule has 0 atom stereocenters. The third-order valence-corrected chi connectivity index (χ3v) is 2.14. The Morgan fingerprint density at radius 2 is 2.07 bits per heavy atom. The number of H-pyrrole nitrogens is 1. The minimum atomic E-state index is -0.181. The van der Waals surface area contributed by atoms with Gasteiger partial charge >= 0.3 is 0 Å². The largest absolute Gasteiger partial charge is 0.313 e. The molecule has 0 aliphatic heterocycles. The summed E-state index contributed by atoms with van der Waals surface area (Å²) in [6, 6.07) is 5.06. The van der Waals surface area contributed by atoms with Crippen LogP contribution in [0.4, 0.5) is 0 Å². The molecule has 0 amide bonds. The Labute approximate surface area is 88.2 Å². The van der Waals surface area contributed by atoms with Gasteiger partial charge in [0.05, 0.1) is 17.7 Å². The third-order valence-electron chi connectivity index (χ3n) is 1.67. The first-order valence-electron chi connectivity index (χ1n) is 3.92. The molecule has 14 heavy (non-hydrogen) atoms. The fraction of sp³-hybridized carbons (Fsp3) is 0. The molecule has 0 radical (unpaired) electrons. The predicted octanol–water partition coefficient (Wildman–Crippen LogP) is 1.59. The molecular formula is C9H6BrN3O. The van der Waals surface area contributed by atoms with Crippen molar-refractivity contribution in [3.05, 3.63) is 45.5 Å². The monoisotopic (exact) mass is 251 g/mol. The summed E-state index contributed by atoms with van der Waals surface area (Å²) < 4.78 is 0.895. The first-order chi connectivity index (χ1) is 6.75. The summed E-state index contributed by atoms with van der Waals surface area (Å²) in [6.45, 7) is 0. The fourth-order valence-electron chi connectivity index (χ4n) is 1.04. The zero-order valence-electron chi connectivity index (χ0n) is 7.07. The molecule has 0 spiro atoms. The van der Waals surface area contributed by atoms with Crippen LogP contribution in [0.2, 0.25) is 0 Å². The summed E-state index contributed by atoms with van der Waals surface area (Å²) in [5, 5.41) is 0. The van der Waals surface area contributed by atoms with Gasteiger partial charge in [-0.1, -0.05) is 0 Å². The molecule has 2 rings (SSSR count). The molecule has 70 valence electrons. The molecule has 2 aromatic heterocycles. The van der Waals surface area contributed by atoms with E-state index in [-0.39, 0.29) is 5.56 Å². The minimum Gasteiger partial charge on any atom is -0.313 e. The van der Waals surface area contributed by atoms with E-state index in [0.717, 1.165) is 4.47 Å². The lowest BCUT2D eigenvalue weighted by Gasteiger charge is -1.97. The minimum absolute atomic E-state index is 0.181. The van der Waals surface area contributed by atoms with Crippen LogP contribution in [-0.4, -0.2) is 15.0 Å². The van der Waals surface area contributed by atoms with Crippen molar-refractivity contribution in [2.75, 3.05) is 0 Å². The molecule has 0 aromatic carbocycles. The molecule has 0 saturated heterocycles. The van der Waals surface area contributed by atoms with E-state index in [1.54, 1.807) is 12.3 Å². The van der Waals surface area contributed by atoms with Crippen molar-refractivity contribution in [2.45, 2.75) is 0 Å². The van der Waals surface area contributed by atoms with Gasteiger partial charge in [0.1, 0.15) is 0 Å². The first kappa shape index (κ1) is 9.08. The van der Waals surface area contributed by atoms with Gasteiger partial charge in [-0.2, -0.15) is 0 Å². The fourth-order valence-corrected chi connectivity index (χ4v) is 1.27. The van der Waals surface area contributed by atoms with Crippen LogP contribution >= 0.6 is 15.9 Å². The number of pyridine rings is 1. The molecule has 0 unspecified atom stereocenters.